The van der Waals surface area contributed by atoms with Crippen LogP contribution in [0.4, 0.5) is 0 Å². The summed E-state index contributed by atoms with van der Waals surface area (Å²) in [6.45, 7) is -0.408. The molecule has 2 aromatic carbocycles. The minimum atomic E-state index is -1.59. The van der Waals surface area contributed by atoms with Crippen molar-refractivity contribution in [3.05, 3.63) is 53.1 Å². The van der Waals surface area contributed by atoms with Crippen molar-refractivity contribution >= 4 is 11.9 Å². The molecule has 5 atom stereocenters. The van der Waals surface area contributed by atoms with Gasteiger partial charge >= 0.3 is 11.9 Å². The van der Waals surface area contributed by atoms with Crippen molar-refractivity contribution in [3.63, 3.8) is 0 Å². The lowest BCUT2D eigenvalue weighted by atomic mass is 9.86. The van der Waals surface area contributed by atoms with Crippen LogP contribution in [0.5, 0.6) is 17.2 Å². The van der Waals surface area contributed by atoms with E-state index in [0.717, 1.165) is 6.07 Å². The number of fused-ring (bicyclic) bond motifs is 3. The van der Waals surface area contributed by atoms with Gasteiger partial charge in [0.05, 0.1) is 18.2 Å². The van der Waals surface area contributed by atoms with Gasteiger partial charge in [0.25, 0.3) is 0 Å². The van der Waals surface area contributed by atoms with E-state index in [-0.39, 0.29) is 16.9 Å². The Morgan fingerprint density at radius 1 is 1.13 bits per heavy atom. The van der Waals surface area contributed by atoms with Crippen LogP contribution in [-0.4, -0.2) is 70.5 Å². The predicted molar refractivity (Wildman–Crippen MR) is 102 cm³/mol. The molecule has 2 aromatic rings. The molecule has 2 aliphatic rings. The number of hydrogen-bond acceptors (Lipinski definition) is 10. The average Bonchev–Trinajstić information content (AvgIpc) is 2.76. The summed E-state index contributed by atoms with van der Waals surface area (Å²) in [7, 11) is 1.21. The number of phenols is 2. The molecular weight excluding hydrogens is 412 g/mol. The first kappa shape index (κ1) is 20.9. The molecule has 2 unspecified atom stereocenters. The fraction of sp³-hybridized carbons (Fsp3) is 0.333. The summed E-state index contributed by atoms with van der Waals surface area (Å²) < 4.78 is 21.1. The fourth-order valence-electron chi connectivity index (χ4n) is 3.75. The Labute approximate surface area is 176 Å². The zero-order chi connectivity index (χ0) is 22.3. The van der Waals surface area contributed by atoms with E-state index in [9.17, 15) is 30.0 Å². The highest BCUT2D eigenvalue weighted by Crippen LogP contribution is 2.49. The third-order valence-corrected chi connectivity index (χ3v) is 5.30. The number of esters is 2. The van der Waals surface area contributed by atoms with Crippen molar-refractivity contribution in [2.45, 2.75) is 30.5 Å². The van der Waals surface area contributed by atoms with E-state index in [1.54, 1.807) is 30.3 Å². The van der Waals surface area contributed by atoms with Crippen LogP contribution in [0.15, 0.2) is 36.4 Å². The Hall–Kier alpha value is -3.34. The van der Waals surface area contributed by atoms with Gasteiger partial charge in [0.2, 0.25) is 5.75 Å². The second-order valence-electron chi connectivity index (χ2n) is 7.15. The SMILES string of the molecule is COc1c(O)cc2c(c1O)C1O[C@H](COC(=O)c3ccccc3)[C@@H](O)[C@H](O)C1OC2=O. The molecular formula is C21H20O10. The summed E-state index contributed by atoms with van der Waals surface area (Å²) >= 11 is 0. The van der Waals surface area contributed by atoms with Crippen molar-refractivity contribution < 1.29 is 49.0 Å². The lowest BCUT2D eigenvalue weighted by molar-refractivity contribution is -0.235. The molecule has 1 fully saturated rings. The number of carbonyl (C=O) groups is 2. The smallest absolute Gasteiger partial charge is 0.339 e. The average molecular weight is 432 g/mol. The molecule has 0 amide bonds. The summed E-state index contributed by atoms with van der Waals surface area (Å²) in [6, 6.07) is 9.23. The summed E-state index contributed by atoms with van der Waals surface area (Å²) in [5.74, 6) is -2.92. The van der Waals surface area contributed by atoms with Crippen LogP contribution in [0.3, 0.4) is 0 Å². The molecule has 2 heterocycles. The largest absolute Gasteiger partial charge is 0.504 e. The van der Waals surface area contributed by atoms with E-state index in [0.29, 0.717) is 5.56 Å². The van der Waals surface area contributed by atoms with Gasteiger partial charge in [-0.2, -0.15) is 0 Å². The Morgan fingerprint density at radius 3 is 2.52 bits per heavy atom. The predicted octanol–water partition coefficient (Wildman–Crippen LogP) is 0.664. The van der Waals surface area contributed by atoms with Crippen molar-refractivity contribution in [2.24, 2.45) is 0 Å². The highest BCUT2D eigenvalue weighted by molar-refractivity contribution is 5.95. The third-order valence-electron chi connectivity index (χ3n) is 5.30. The second kappa shape index (κ2) is 8.06. The van der Waals surface area contributed by atoms with E-state index in [1.165, 1.54) is 7.11 Å². The number of carbonyl (C=O) groups excluding carboxylic acids is 2. The summed E-state index contributed by atoms with van der Waals surface area (Å²) in [6.07, 6.45) is -6.86. The number of rotatable bonds is 4. The van der Waals surface area contributed by atoms with E-state index in [4.69, 9.17) is 18.9 Å². The molecule has 0 bridgehead atoms. The Balaban J connectivity index is 1.62. The fourth-order valence-corrected chi connectivity index (χ4v) is 3.75. The van der Waals surface area contributed by atoms with E-state index < -0.39 is 60.6 Å². The molecule has 0 aromatic heterocycles. The Bertz CT molecular complexity index is 1000. The van der Waals surface area contributed by atoms with Crippen LogP contribution < -0.4 is 4.74 Å². The number of ether oxygens (including phenoxy) is 4. The molecule has 4 rings (SSSR count). The maximum Gasteiger partial charge on any atom is 0.339 e. The number of benzene rings is 2. The number of aliphatic hydroxyl groups excluding tert-OH is 2. The van der Waals surface area contributed by atoms with Gasteiger partial charge in [-0.25, -0.2) is 9.59 Å². The molecule has 0 radical (unpaired) electrons. The van der Waals surface area contributed by atoms with Crippen LogP contribution in [0, 0.1) is 0 Å². The molecule has 2 aliphatic heterocycles. The molecule has 1 saturated heterocycles. The number of aromatic hydroxyl groups is 2. The van der Waals surface area contributed by atoms with Gasteiger partial charge in [0.15, 0.2) is 17.6 Å². The number of hydrogen-bond donors (Lipinski definition) is 4. The van der Waals surface area contributed by atoms with Crippen LogP contribution in [0.2, 0.25) is 0 Å². The van der Waals surface area contributed by atoms with Crippen LogP contribution in [0.25, 0.3) is 0 Å². The first-order valence-electron chi connectivity index (χ1n) is 9.41. The quantitative estimate of drug-likeness (QED) is 0.507. The number of aliphatic hydroxyl groups is 2. The highest BCUT2D eigenvalue weighted by atomic mass is 16.6. The van der Waals surface area contributed by atoms with Gasteiger partial charge in [0, 0.05) is 5.56 Å². The van der Waals surface area contributed by atoms with Crippen molar-refractivity contribution in [3.8, 4) is 17.2 Å². The van der Waals surface area contributed by atoms with E-state index >= 15 is 0 Å². The lowest BCUT2D eigenvalue weighted by Crippen LogP contribution is -2.58. The van der Waals surface area contributed by atoms with Gasteiger partial charge in [-0.1, -0.05) is 18.2 Å². The van der Waals surface area contributed by atoms with E-state index in [1.807, 2.05) is 0 Å². The van der Waals surface area contributed by atoms with Gasteiger partial charge in [0.1, 0.15) is 31.0 Å². The zero-order valence-electron chi connectivity index (χ0n) is 16.3. The molecule has 4 N–H and O–H groups in total. The molecule has 10 heteroatoms. The highest BCUT2D eigenvalue weighted by Gasteiger charge is 2.52. The van der Waals surface area contributed by atoms with Gasteiger partial charge in [-0.3, -0.25) is 0 Å². The standard InChI is InChI=1S/C21H20O10/c1-28-17-11(22)7-10-13(15(17)24)18-19(31-21(10)27)16(25)14(23)12(30-18)8-29-20(26)9-5-3-2-4-6-9/h2-7,12,14,16,18-19,22-25H,8H2,1H3/t12-,14-,16+,18?,19?/m1/s1. The number of phenolic OH excluding ortho intramolecular Hbond substituents is 2. The third kappa shape index (κ3) is 3.54. The first-order valence-corrected chi connectivity index (χ1v) is 9.41. The monoisotopic (exact) mass is 432 g/mol. The first-order chi connectivity index (χ1) is 14.8. The van der Waals surface area contributed by atoms with Crippen LogP contribution in [-0.2, 0) is 14.2 Å². The van der Waals surface area contributed by atoms with Crippen molar-refractivity contribution in [1.82, 2.24) is 0 Å². The van der Waals surface area contributed by atoms with Crippen molar-refractivity contribution in [1.29, 1.82) is 0 Å². The maximum absolute atomic E-state index is 12.3. The molecule has 31 heavy (non-hydrogen) atoms. The molecule has 164 valence electrons. The summed E-state index contributed by atoms with van der Waals surface area (Å²) in [4.78, 5) is 24.5. The minimum absolute atomic E-state index is 0.0683. The van der Waals surface area contributed by atoms with Crippen molar-refractivity contribution in [2.75, 3.05) is 13.7 Å². The minimum Gasteiger partial charge on any atom is -0.504 e. The van der Waals surface area contributed by atoms with E-state index in [2.05, 4.69) is 0 Å². The number of methoxy groups -OCH3 is 1. The Morgan fingerprint density at radius 2 is 1.84 bits per heavy atom. The van der Waals surface area contributed by atoms with Crippen LogP contribution in [0.1, 0.15) is 32.4 Å². The normalized spacial score (nSPS) is 26.9. The molecule has 0 spiro atoms. The van der Waals surface area contributed by atoms with Gasteiger partial charge < -0.3 is 39.4 Å². The van der Waals surface area contributed by atoms with Gasteiger partial charge in [-0.15, -0.1) is 0 Å². The summed E-state index contributed by atoms with van der Waals surface area (Å²) in [5.41, 5.74) is 0.0444. The lowest BCUT2D eigenvalue weighted by Gasteiger charge is -2.44. The Kier molecular flexibility index (Phi) is 5.44. The maximum atomic E-state index is 12.3. The summed E-state index contributed by atoms with van der Waals surface area (Å²) in [5, 5.41) is 41.5. The molecule has 0 saturated carbocycles. The topological polar surface area (TPSA) is 152 Å². The second-order valence-corrected chi connectivity index (χ2v) is 7.15. The molecule has 10 nitrogen and oxygen atoms in total. The molecule has 0 aliphatic carbocycles. The van der Waals surface area contributed by atoms with Crippen LogP contribution >= 0.6 is 0 Å². The zero-order valence-corrected chi connectivity index (χ0v) is 16.3. The van der Waals surface area contributed by atoms with Gasteiger partial charge in [-0.05, 0) is 18.2 Å².